The zero-order valence-electron chi connectivity index (χ0n) is 13.8. The number of carbonyl (C=O) groups is 1. The van der Waals surface area contributed by atoms with E-state index >= 15 is 0 Å². The molecule has 0 saturated heterocycles. The Balaban J connectivity index is 1.83. The van der Waals surface area contributed by atoms with Crippen LogP contribution in [-0.4, -0.2) is 16.1 Å². The van der Waals surface area contributed by atoms with Gasteiger partial charge in [0, 0.05) is 11.8 Å². The second kappa shape index (κ2) is 6.73. The summed E-state index contributed by atoms with van der Waals surface area (Å²) in [6, 6.07) is 12.6. The number of aromatic hydroxyl groups is 1. The van der Waals surface area contributed by atoms with E-state index in [9.17, 15) is 14.3 Å². The summed E-state index contributed by atoms with van der Waals surface area (Å²) in [7, 11) is 0. The van der Waals surface area contributed by atoms with Crippen LogP contribution in [-0.2, 0) is 0 Å². The quantitative estimate of drug-likeness (QED) is 0.567. The Bertz CT molecular complexity index is 913. The van der Waals surface area contributed by atoms with Crippen molar-refractivity contribution in [2.45, 2.75) is 13.8 Å². The number of aromatic nitrogens is 1. The summed E-state index contributed by atoms with van der Waals surface area (Å²) < 4.78 is 18.6. The molecule has 3 rings (SSSR count). The van der Waals surface area contributed by atoms with Crippen molar-refractivity contribution in [2.75, 3.05) is 0 Å². The third-order valence-electron chi connectivity index (χ3n) is 3.84. The fourth-order valence-corrected chi connectivity index (χ4v) is 2.49. The highest BCUT2D eigenvalue weighted by Crippen LogP contribution is 2.29. The summed E-state index contributed by atoms with van der Waals surface area (Å²) >= 11 is 0. The molecular formula is C20H16FNO3. The molecule has 5 heteroatoms. The number of carbonyl (C=O) groups excluding carboxylic acids is 1. The van der Waals surface area contributed by atoms with Crippen LogP contribution in [0.5, 0.6) is 11.5 Å². The molecule has 0 fully saturated rings. The maximum absolute atomic E-state index is 13.5. The SMILES string of the molecule is Cc1cc(-c2ccc(C(=O)Oc3ccccc3F)nc2)cc(C)c1O. The topological polar surface area (TPSA) is 59.4 Å². The Hall–Kier alpha value is -3.21. The Morgan fingerprint density at radius 1 is 1.04 bits per heavy atom. The largest absolute Gasteiger partial charge is 0.507 e. The van der Waals surface area contributed by atoms with Gasteiger partial charge >= 0.3 is 5.97 Å². The van der Waals surface area contributed by atoms with Gasteiger partial charge in [0.05, 0.1) is 0 Å². The highest BCUT2D eigenvalue weighted by Gasteiger charge is 2.13. The Morgan fingerprint density at radius 2 is 1.72 bits per heavy atom. The second-order valence-electron chi connectivity index (χ2n) is 5.71. The van der Waals surface area contributed by atoms with Gasteiger partial charge in [-0.1, -0.05) is 18.2 Å². The van der Waals surface area contributed by atoms with E-state index in [-0.39, 0.29) is 17.2 Å². The third kappa shape index (κ3) is 3.50. The van der Waals surface area contributed by atoms with Crippen molar-refractivity contribution in [2.24, 2.45) is 0 Å². The summed E-state index contributed by atoms with van der Waals surface area (Å²) in [5.74, 6) is -1.21. The van der Waals surface area contributed by atoms with E-state index in [4.69, 9.17) is 4.74 Å². The number of phenols is 1. The van der Waals surface area contributed by atoms with Crippen molar-refractivity contribution >= 4 is 5.97 Å². The van der Waals surface area contributed by atoms with Gasteiger partial charge < -0.3 is 9.84 Å². The molecule has 25 heavy (non-hydrogen) atoms. The van der Waals surface area contributed by atoms with Crippen molar-refractivity contribution in [3.05, 3.63) is 77.4 Å². The maximum atomic E-state index is 13.5. The van der Waals surface area contributed by atoms with Crippen LogP contribution in [0.25, 0.3) is 11.1 Å². The number of hydrogen-bond acceptors (Lipinski definition) is 4. The predicted molar refractivity (Wildman–Crippen MR) is 92.2 cm³/mol. The van der Waals surface area contributed by atoms with Crippen molar-refractivity contribution in [3.8, 4) is 22.6 Å². The number of ether oxygens (including phenoxy) is 1. The maximum Gasteiger partial charge on any atom is 0.362 e. The standard InChI is InChI=1S/C20H16FNO3/c1-12-9-15(10-13(2)19(12)23)14-7-8-17(22-11-14)20(24)25-18-6-4-3-5-16(18)21/h3-11,23H,1-2H3. The van der Waals surface area contributed by atoms with E-state index in [0.717, 1.165) is 22.3 Å². The van der Waals surface area contributed by atoms with E-state index in [1.54, 1.807) is 18.3 Å². The number of hydrogen-bond donors (Lipinski definition) is 1. The Morgan fingerprint density at radius 3 is 2.32 bits per heavy atom. The van der Waals surface area contributed by atoms with Gasteiger partial charge in [-0.3, -0.25) is 0 Å². The minimum Gasteiger partial charge on any atom is -0.507 e. The zero-order chi connectivity index (χ0) is 18.0. The van der Waals surface area contributed by atoms with Gasteiger partial charge in [-0.15, -0.1) is 0 Å². The van der Waals surface area contributed by atoms with Gasteiger partial charge in [0.1, 0.15) is 11.4 Å². The first-order valence-electron chi connectivity index (χ1n) is 7.69. The second-order valence-corrected chi connectivity index (χ2v) is 5.71. The molecule has 4 nitrogen and oxygen atoms in total. The molecule has 3 aromatic rings. The Kier molecular flexibility index (Phi) is 4.48. The van der Waals surface area contributed by atoms with Crippen LogP contribution in [0.4, 0.5) is 4.39 Å². The van der Waals surface area contributed by atoms with Gasteiger partial charge in [0.25, 0.3) is 0 Å². The van der Waals surface area contributed by atoms with E-state index < -0.39 is 11.8 Å². The van der Waals surface area contributed by atoms with Crippen molar-refractivity contribution in [1.29, 1.82) is 0 Å². The van der Waals surface area contributed by atoms with Crippen LogP contribution in [0.2, 0.25) is 0 Å². The number of pyridine rings is 1. The number of esters is 1. The third-order valence-corrected chi connectivity index (χ3v) is 3.84. The average molecular weight is 337 g/mol. The number of halogens is 1. The van der Waals surface area contributed by atoms with E-state index in [2.05, 4.69) is 4.98 Å². The van der Waals surface area contributed by atoms with E-state index in [0.29, 0.717) is 0 Å². The molecule has 0 aliphatic heterocycles. The predicted octanol–water partition coefficient (Wildman–Crippen LogP) is 4.43. The van der Waals surface area contributed by atoms with Gasteiger partial charge in [0.15, 0.2) is 11.6 Å². The molecule has 126 valence electrons. The van der Waals surface area contributed by atoms with Crippen LogP contribution >= 0.6 is 0 Å². The highest BCUT2D eigenvalue weighted by molar-refractivity contribution is 5.89. The monoisotopic (exact) mass is 337 g/mol. The molecule has 1 heterocycles. The van der Waals surface area contributed by atoms with Crippen LogP contribution in [0.1, 0.15) is 21.6 Å². The van der Waals surface area contributed by atoms with E-state index in [1.165, 1.54) is 24.3 Å². The minimum absolute atomic E-state index is 0.0826. The molecule has 1 N–H and O–H groups in total. The summed E-state index contributed by atoms with van der Waals surface area (Å²) in [4.78, 5) is 16.2. The first kappa shape index (κ1) is 16.6. The van der Waals surface area contributed by atoms with Gasteiger partial charge in [-0.2, -0.15) is 0 Å². The molecule has 0 atom stereocenters. The van der Waals surface area contributed by atoms with Crippen LogP contribution in [0.3, 0.4) is 0 Å². The molecule has 0 unspecified atom stereocenters. The molecule has 0 aliphatic carbocycles. The van der Waals surface area contributed by atoms with Gasteiger partial charge in [0.2, 0.25) is 0 Å². The lowest BCUT2D eigenvalue weighted by Crippen LogP contribution is -2.11. The average Bonchev–Trinajstić information content (AvgIpc) is 2.61. The summed E-state index contributed by atoms with van der Waals surface area (Å²) in [5, 5.41) is 9.85. The normalized spacial score (nSPS) is 10.5. The minimum atomic E-state index is -0.727. The van der Waals surface area contributed by atoms with Crippen LogP contribution in [0.15, 0.2) is 54.7 Å². The zero-order valence-corrected chi connectivity index (χ0v) is 13.8. The molecule has 0 aliphatic rings. The number of para-hydroxylation sites is 1. The molecule has 0 bridgehead atoms. The number of nitrogens with zero attached hydrogens (tertiary/aromatic N) is 1. The van der Waals surface area contributed by atoms with Crippen molar-refractivity contribution in [1.82, 2.24) is 4.98 Å². The fraction of sp³-hybridized carbons (Fsp3) is 0.100. The Labute approximate surface area is 144 Å². The highest BCUT2D eigenvalue weighted by atomic mass is 19.1. The smallest absolute Gasteiger partial charge is 0.362 e. The van der Waals surface area contributed by atoms with Gasteiger partial charge in [-0.05, 0) is 60.9 Å². The lowest BCUT2D eigenvalue weighted by Gasteiger charge is -2.09. The molecule has 0 spiro atoms. The number of benzene rings is 2. The van der Waals surface area contributed by atoms with Crippen molar-refractivity contribution in [3.63, 3.8) is 0 Å². The summed E-state index contributed by atoms with van der Waals surface area (Å²) in [5.41, 5.74) is 3.29. The summed E-state index contributed by atoms with van der Waals surface area (Å²) in [6.07, 6.45) is 1.54. The fourth-order valence-electron chi connectivity index (χ4n) is 2.49. The summed E-state index contributed by atoms with van der Waals surface area (Å²) in [6.45, 7) is 3.64. The first-order valence-corrected chi connectivity index (χ1v) is 7.69. The van der Waals surface area contributed by atoms with Crippen LogP contribution < -0.4 is 4.74 Å². The van der Waals surface area contributed by atoms with E-state index in [1.807, 2.05) is 26.0 Å². The molecular weight excluding hydrogens is 321 g/mol. The van der Waals surface area contributed by atoms with Crippen LogP contribution in [0, 0.1) is 19.7 Å². The molecule has 0 radical (unpaired) electrons. The lowest BCUT2D eigenvalue weighted by atomic mass is 10.0. The molecule has 0 saturated carbocycles. The lowest BCUT2D eigenvalue weighted by molar-refractivity contribution is 0.0721. The molecule has 0 amide bonds. The first-order chi connectivity index (χ1) is 12.0. The van der Waals surface area contributed by atoms with Gasteiger partial charge in [-0.25, -0.2) is 14.2 Å². The van der Waals surface area contributed by atoms with Crippen molar-refractivity contribution < 1.29 is 19.0 Å². The molecule has 2 aromatic carbocycles. The molecule has 1 aromatic heterocycles. The number of aryl methyl sites for hydroxylation is 2. The number of rotatable bonds is 3. The number of phenolic OH excluding ortho intramolecular Hbond substituents is 1.